The van der Waals surface area contributed by atoms with E-state index in [2.05, 4.69) is 33.6 Å². The van der Waals surface area contributed by atoms with E-state index in [1.54, 1.807) is 41.3 Å². The molecular weight excluding hydrogens is 502 g/mol. The van der Waals surface area contributed by atoms with Crippen molar-refractivity contribution in [1.29, 1.82) is 0 Å². The number of aromatic nitrogens is 5. The molecule has 7 rings (SSSR count). The van der Waals surface area contributed by atoms with Crippen molar-refractivity contribution in [3.63, 3.8) is 0 Å². The van der Waals surface area contributed by atoms with Crippen molar-refractivity contribution in [2.24, 2.45) is 0 Å². The number of thiazole rings is 1. The van der Waals surface area contributed by atoms with E-state index in [0.717, 1.165) is 32.5 Å². The van der Waals surface area contributed by atoms with E-state index in [1.165, 1.54) is 0 Å². The fraction of sp³-hybridized carbons (Fsp3) is 0.0370. The van der Waals surface area contributed by atoms with Crippen LogP contribution in [0.5, 0.6) is 0 Å². The Bertz CT molecular complexity index is 1620. The smallest absolute Gasteiger partial charge is 0.246 e. The highest BCUT2D eigenvalue weighted by molar-refractivity contribution is 7.12. The number of hydrogen-bond acceptors (Lipinski definition) is 9. The lowest BCUT2D eigenvalue weighted by Gasteiger charge is -2.42. The lowest BCUT2D eigenvalue weighted by Crippen LogP contribution is -2.52. The standard InChI is InChI=1S/C27H19N7OS2/c1-2-11-28-20(8-1)27(21-9-3-12-29-21)23(19-7-5-17-36-19)24(25-30-15-18-37-25)33(22-10-4-16-35-22)34(27)26-31-13-6-14-32-26/h1-18,29H. The highest BCUT2D eigenvalue weighted by Gasteiger charge is 2.59. The van der Waals surface area contributed by atoms with Crippen LogP contribution >= 0.6 is 22.7 Å². The van der Waals surface area contributed by atoms with Gasteiger partial charge in [-0.25, -0.2) is 25.0 Å². The molecule has 7 heterocycles. The third kappa shape index (κ3) is 3.26. The number of furan rings is 1. The largest absolute Gasteiger partial charge is 0.447 e. The Morgan fingerprint density at radius 3 is 2.38 bits per heavy atom. The van der Waals surface area contributed by atoms with E-state index in [-0.39, 0.29) is 0 Å². The summed E-state index contributed by atoms with van der Waals surface area (Å²) in [5.41, 5.74) is 2.61. The molecule has 6 aromatic rings. The number of nitrogens with one attached hydrogen (secondary N) is 1. The van der Waals surface area contributed by atoms with Crippen LogP contribution in [-0.4, -0.2) is 24.9 Å². The second kappa shape index (κ2) is 8.84. The van der Waals surface area contributed by atoms with Crippen molar-refractivity contribution < 1.29 is 4.42 Å². The van der Waals surface area contributed by atoms with Gasteiger partial charge in [-0.2, -0.15) is 0 Å². The van der Waals surface area contributed by atoms with Gasteiger partial charge in [0.15, 0.2) is 5.54 Å². The van der Waals surface area contributed by atoms with Gasteiger partial charge in [0.1, 0.15) is 10.7 Å². The van der Waals surface area contributed by atoms with Crippen LogP contribution in [-0.2, 0) is 5.54 Å². The number of pyridine rings is 1. The predicted octanol–water partition coefficient (Wildman–Crippen LogP) is 6.06. The molecule has 0 bridgehead atoms. The summed E-state index contributed by atoms with van der Waals surface area (Å²) < 4.78 is 6.05. The predicted molar refractivity (Wildman–Crippen MR) is 145 cm³/mol. The number of thiophene rings is 1. The third-order valence-corrected chi connectivity index (χ3v) is 7.88. The summed E-state index contributed by atoms with van der Waals surface area (Å²) >= 11 is 3.23. The zero-order chi connectivity index (χ0) is 24.7. The van der Waals surface area contributed by atoms with Gasteiger partial charge in [-0.3, -0.25) is 4.98 Å². The second-order valence-electron chi connectivity index (χ2n) is 8.17. The van der Waals surface area contributed by atoms with E-state index >= 15 is 0 Å². The third-order valence-electron chi connectivity index (χ3n) is 6.21. The van der Waals surface area contributed by atoms with E-state index in [0.29, 0.717) is 11.8 Å². The Hall–Kier alpha value is -4.54. The molecule has 1 atom stereocenters. The van der Waals surface area contributed by atoms with Crippen molar-refractivity contribution in [3.8, 4) is 0 Å². The van der Waals surface area contributed by atoms with Crippen molar-refractivity contribution in [2.45, 2.75) is 5.54 Å². The molecule has 10 heteroatoms. The van der Waals surface area contributed by atoms with Crippen LogP contribution < -0.4 is 10.0 Å². The maximum absolute atomic E-state index is 6.05. The summed E-state index contributed by atoms with van der Waals surface area (Å²) in [6.07, 6.45) is 10.7. The van der Waals surface area contributed by atoms with Gasteiger partial charge >= 0.3 is 0 Å². The molecule has 0 saturated heterocycles. The minimum absolute atomic E-state index is 0.486. The van der Waals surface area contributed by atoms with E-state index in [4.69, 9.17) is 24.4 Å². The summed E-state index contributed by atoms with van der Waals surface area (Å²) in [6, 6.07) is 19.8. The molecule has 1 aliphatic heterocycles. The molecule has 37 heavy (non-hydrogen) atoms. The Morgan fingerprint density at radius 1 is 0.784 bits per heavy atom. The van der Waals surface area contributed by atoms with Crippen LogP contribution in [0.1, 0.15) is 21.3 Å². The molecule has 0 aliphatic carbocycles. The summed E-state index contributed by atoms with van der Waals surface area (Å²) in [5, 5.41) is 8.99. The van der Waals surface area contributed by atoms with Crippen LogP contribution in [0, 0.1) is 0 Å². The van der Waals surface area contributed by atoms with Gasteiger partial charge in [-0.1, -0.05) is 12.1 Å². The monoisotopic (exact) mass is 521 g/mol. The molecule has 180 valence electrons. The highest BCUT2D eigenvalue weighted by Crippen LogP contribution is 2.58. The van der Waals surface area contributed by atoms with Gasteiger partial charge in [-0.15, -0.1) is 22.7 Å². The van der Waals surface area contributed by atoms with Gasteiger partial charge < -0.3 is 9.40 Å². The van der Waals surface area contributed by atoms with Crippen molar-refractivity contribution >= 4 is 45.8 Å². The summed E-state index contributed by atoms with van der Waals surface area (Å²) in [7, 11) is 0. The Morgan fingerprint density at radius 2 is 1.70 bits per heavy atom. The van der Waals surface area contributed by atoms with Gasteiger partial charge in [0.25, 0.3) is 0 Å². The molecule has 1 aliphatic rings. The molecular formula is C27H19N7OS2. The van der Waals surface area contributed by atoms with Crippen LogP contribution in [0.4, 0.5) is 11.8 Å². The first-order valence-corrected chi connectivity index (χ1v) is 13.3. The van der Waals surface area contributed by atoms with Crippen LogP contribution in [0.2, 0.25) is 0 Å². The normalized spacial score (nSPS) is 17.6. The van der Waals surface area contributed by atoms with Gasteiger partial charge in [-0.05, 0) is 47.8 Å². The van der Waals surface area contributed by atoms with Crippen molar-refractivity contribution in [1.82, 2.24) is 24.9 Å². The number of hydrogen-bond donors (Lipinski definition) is 1. The maximum atomic E-state index is 6.05. The first-order valence-electron chi connectivity index (χ1n) is 11.5. The Kier molecular flexibility index (Phi) is 5.19. The topological polar surface area (TPSA) is 87.0 Å². The number of nitrogens with zero attached hydrogens (tertiary/aromatic N) is 6. The molecule has 8 nitrogen and oxygen atoms in total. The van der Waals surface area contributed by atoms with Crippen LogP contribution in [0.3, 0.4) is 0 Å². The number of anilines is 2. The summed E-state index contributed by atoms with van der Waals surface area (Å²) in [5.74, 6) is 1.09. The van der Waals surface area contributed by atoms with E-state index < -0.39 is 5.54 Å². The molecule has 0 aromatic carbocycles. The molecule has 0 amide bonds. The zero-order valence-electron chi connectivity index (χ0n) is 19.3. The first-order chi connectivity index (χ1) is 18.4. The van der Waals surface area contributed by atoms with Crippen LogP contribution in [0.25, 0.3) is 11.3 Å². The number of H-pyrrole nitrogens is 1. The van der Waals surface area contributed by atoms with E-state index in [1.807, 2.05) is 71.4 Å². The lowest BCUT2D eigenvalue weighted by atomic mass is 9.81. The first kappa shape index (κ1) is 21.7. The van der Waals surface area contributed by atoms with Crippen molar-refractivity contribution in [2.75, 3.05) is 10.0 Å². The molecule has 0 radical (unpaired) electrons. The SMILES string of the molecule is c1ccc(C2(c3ccc[nH]3)C(c3cccs3)=C(c3nccs3)N(c3ccco3)N2c2ncccn2)nc1. The maximum Gasteiger partial charge on any atom is 0.246 e. The highest BCUT2D eigenvalue weighted by atomic mass is 32.1. The lowest BCUT2D eigenvalue weighted by molar-refractivity contribution is 0.523. The van der Waals surface area contributed by atoms with E-state index in [9.17, 15) is 0 Å². The fourth-order valence-corrected chi connectivity index (χ4v) is 6.38. The summed E-state index contributed by atoms with van der Waals surface area (Å²) in [6.45, 7) is 0. The molecule has 0 fully saturated rings. The Labute approximate surface area is 220 Å². The summed E-state index contributed by atoms with van der Waals surface area (Å²) in [4.78, 5) is 23.7. The molecule has 1 N–H and O–H groups in total. The fourth-order valence-electron chi connectivity index (χ4n) is 4.88. The van der Waals surface area contributed by atoms with Crippen LogP contribution in [0.15, 0.2) is 113 Å². The van der Waals surface area contributed by atoms with Crippen molar-refractivity contribution in [3.05, 3.63) is 130 Å². The average molecular weight is 522 g/mol. The molecule has 6 aromatic heterocycles. The molecule has 0 spiro atoms. The number of rotatable bonds is 6. The van der Waals surface area contributed by atoms with Gasteiger partial charge in [0.05, 0.1) is 17.7 Å². The Balaban J connectivity index is 1.70. The average Bonchev–Trinajstić information content (AvgIpc) is 3.78. The molecule has 1 unspecified atom stereocenters. The number of hydrazine groups is 1. The minimum Gasteiger partial charge on any atom is -0.447 e. The second-order valence-corrected chi connectivity index (χ2v) is 10.0. The zero-order valence-corrected chi connectivity index (χ0v) is 20.9. The van der Waals surface area contributed by atoms with Gasteiger partial charge in [0, 0.05) is 52.9 Å². The quantitative estimate of drug-likeness (QED) is 0.285. The molecule has 0 saturated carbocycles. The van der Waals surface area contributed by atoms with Gasteiger partial charge in [0.2, 0.25) is 11.8 Å². The minimum atomic E-state index is -0.981. The number of aromatic amines is 1.